The maximum atomic E-state index is 10.8. The molecule has 0 bridgehead atoms. The van der Waals surface area contributed by atoms with Crippen LogP contribution in [-0.2, 0) is 9.59 Å². The Kier molecular flexibility index (Phi) is 2.04. The number of nitrogens with zero attached hydrogens (tertiary/aromatic N) is 1. The van der Waals surface area contributed by atoms with Crippen molar-refractivity contribution in [1.29, 1.82) is 0 Å². The van der Waals surface area contributed by atoms with Crippen molar-refractivity contribution in [2.45, 2.75) is 0 Å². The lowest BCUT2D eigenvalue weighted by Gasteiger charge is -2.11. The molecule has 0 radical (unpaired) electrons. The molecular formula is C5H6N4O3. The van der Waals surface area contributed by atoms with E-state index in [0.29, 0.717) is 0 Å². The molecule has 3 N–H and O–H groups in total. The third kappa shape index (κ3) is 1.39. The van der Waals surface area contributed by atoms with Gasteiger partial charge in [0, 0.05) is 7.05 Å². The van der Waals surface area contributed by atoms with Gasteiger partial charge in [-0.2, -0.15) is 5.10 Å². The Labute approximate surface area is 67.2 Å². The minimum atomic E-state index is -0.833. The number of nitrogens with one attached hydrogen (secondary N) is 3. The lowest BCUT2D eigenvalue weighted by Crippen LogP contribution is -2.56. The first kappa shape index (κ1) is 8.18. The standard InChI is InChI=1S/C5H6N4O3/c1-6-9-2-3(10)7-5(12)8-4(2)11/h6H,1H3,(H2,7,8,10,11,12). The van der Waals surface area contributed by atoms with E-state index >= 15 is 0 Å². The quantitative estimate of drug-likeness (QED) is 0.393. The summed E-state index contributed by atoms with van der Waals surface area (Å²) < 4.78 is 0. The summed E-state index contributed by atoms with van der Waals surface area (Å²) in [5.41, 5.74) is 1.90. The third-order valence-corrected chi connectivity index (χ3v) is 1.11. The van der Waals surface area contributed by atoms with Crippen molar-refractivity contribution in [1.82, 2.24) is 16.1 Å². The van der Waals surface area contributed by atoms with Gasteiger partial charge in [0.2, 0.25) is 5.71 Å². The highest BCUT2D eigenvalue weighted by molar-refractivity contribution is 6.68. The van der Waals surface area contributed by atoms with Crippen LogP contribution in [0.2, 0.25) is 0 Å². The van der Waals surface area contributed by atoms with Crippen molar-refractivity contribution in [3.63, 3.8) is 0 Å². The van der Waals surface area contributed by atoms with Crippen molar-refractivity contribution in [3.05, 3.63) is 0 Å². The smallest absolute Gasteiger partial charge is 0.312 e. The highest BCUT2D eigenvalue weighted by atomic mass is 16.2. The molecule has 1 aliphatic rings. The van der Waals surface area contributed by atoms with E-state index in [2.05, 4.69) is 10.5 Å². The second kappa shape index (κ2) is 2.99. The van der Waals surface area contributed by atoms with E-state index in [1.165, 1.54) is 7.05 Å². The number of hydrazone groups is 1. The molecule has 0 aromatic carbocycles. The van der Waals surface area contributed by atoms with Crippen molar-refractivity contribution < 1.29 is 14.4 Å². The molecule has 1 heterocycles. The van der Waals surface area contributed by atoms with Crippen LogP contribution in [0.1, 0.15) is 0 Å². The van der Waals surface area contributed by atoms with Crippen LogP contribution in [-0.4, -0.2) is 30.6 Å². The van der Waals surface area contributed by atoms with E-state index in [1.807, 2.05) is 10.6 Å². The summed E-state index contributed by atoms with van der Waals surface area (Å²) in [7, 11) is 1.43. The van der Waals surface area contributed by atoms with Gasteiger partial charge in [0.1, 0.15) is 0 Å². The van der Waals surface area contributed by atoms with Gasteiger partial charge < -0.3 is 5.43 Å². The monoisotopic (exact) mass is 170 g/mol. The van der Waals surface area contributed by atoms with Crippen LogP contribution >= 0.6 is 0 Å². The fourth-order valence-electron chi connectivity index (χ4n) is 0.672. The molecule has 0 saturated carbocycles. The Morgan fingerprint density at radius 1 is 1.17 bits per heavy atom. The van der Waals surface area contributed by atoms with Crippen molar-refractivity contribution in [2.75, 3.05) is 7.05 Å². The first-order valence-electron chi connectivity index (χ1n) is 3.06. The molecule has 0 spiro atoms. The summed E-state index contributed by atoms with van der Waals surface area (Å²) in [5, 5.41) is 7.10. The van der Waals surface area contributed by atoms with Crippen LogP contribution < -0.4 is 16.1 Å². The van der Waals surface area contributed by atoms with Gasteiger partial charge >= 0.3 is 6.03 Å². The molecule has 1 rings (SSSR count). The zero-order valence-corrected chi connectivity index (χ0v) is 6.17. The van der Waals surface area contributed by atoms with Crippen molar-refractivity contribution in [2.24, 2.45) is 5.10 Å². The summed E-state index contributed by atoms with van der Waals surface area (Å²) in [6.45, 7) is 0. The van der Waals surface area contributed by atoms with Gasteiger partial charge in [0.05, 0.1) is 0 Å². The van der Waals surface area contributed by atoms with E-state index in [9.17, 15) is 14.4 Å². The number of amides is 4. The average molecular weight is 170 g/mol. The minimum absolute atomic E-state index is 0.364. The minimum Gasteiger partial charge on any atom is -0.312 e. The fourth-order valence-corrected chi connectivity index (χ4v) is 0.672. The molecule has 0 aromatic heterocycles. The number of urea groups is 1. The highest BCUT2D eigenvalue weighted by Crippen LogP contribution is 1.86. The summed E-state index contributed by atoms with van der Waals surface area (Å²) in [6, 6.07) is -0.833. The van der Waals surface area contributed by atoms with E-state index in [-0.39, 0.29) is 5.71 Å². The number of hydrogen-bond donors (Lipinski definition) is 3. The first-order valence-corrected chi connectivity index (χ1v) is 3.06. The lowest BCUT2D eigenvalue weighted by molar-refractivity contribution is -0.119. The number of carbonyl (C=O) groups excluding carboxylic acids is 3. The molecule has 0 unspecified atom stereocenters. The average Bonchev–Trinajstić information content (AvgIpc) is 1.96. The van der Waals surface area contributed by atoms with Crippen LogP contribution in [0.25, 0.3) is 0 Å². The molecular weight excluding hydrogens is 164 g/mol. The summed E-state index contributed by atoms with van der Waals surface area (Å²) in [6.07, 6.45) is 0. The van der Waals surface area contributed by atoms with E-state index in [0.717, 1.165) is 0 Å². The molecule has 4 amide bonds. The molecule has 12 heavy (non-hydrogen) atoms. The number of carbonyl (C=O) groups is 3. The molecule has 1 saturated heterocycles. The van der Waals surface area contributed by atoms with Gasteiger partial charge in [0.25, 0.3) is 11.8 Å². The predicted octanol–water partition coefficient (Wildman–Crippen LogP) is -2.07. The second-order valence-corrected chi connectivity index (χ2v) is 1.92. The Hall–Kier alpha value is -1.92. The number of hydrogen-bond acceptors (Lipinski definition) is 5. The van der Waals surface area contributed by atoms with Gasteiger partial charge in [-0.3, -0.25) is 20.2 Å². The number of rotatable bonds is 1. The molecule has 7 nitrogen and oxygen atoms in total. The van der Waals surface area contributed by atoms with Gasteiger partial charge in [-0.05, 0) is 0 Å². The van der Waals surface area contributed by atoms with Gasteiger partial charge in [-0.25, -0.2) is 4.79 Å². The zero-order valence-electron chi connectivity index (χ0n) is 6.17. The van der Waals surface area contributed by atoms with Crippen LogP contribution in [0, 0.1) is 0 Å². The molecule has 0 aromatic rings. The summed E-state index contributed by atoms with van der Waals surface area (Å²) >= 11 is 0. The molecule has 7 heteroatoms. The van der Waals surface area contributed by atoms with Crippen LogP contribution in [0.4, 0.5) is 4.79 Å². The number of imide groups is 2. The second-order valence-electron chi connectivity index (χ2n) is 1.92. The molecule has 0 aliphatic carbocycles. The maximum Gasteiger partial charge on any atom is 0.328 e. The fraction of sp³-hybridized carbons (Fsp3) is 0.200. The maximum absolute atomic E-state index is 10.8. The molecule has 1 aliphatic heterocycles. The van der Waals surface area contributed by atoms with E-state index in [1.54, 1.807) is 0 Å². The highest BCUT2D eigenvalue weighted by Gasteiger charge is 2.29. The third-order valence-electron chi connectivity index (χ3n) is 1.11. The SMILES string of the molecule is CNN=C1C(=O)NC(=O)NC1=O. The van der Waals surface area contributed by atoms with Crippen molar-refractivity contribution >= 4 is 23.6 Å². The van der Waals surface area contributed by atoms with Gasteiger partial charge in [-0.1, -0.05) is 0 Å². The predicted molar refractivity (Wildman–Crippen MR) is 38.2 cm³/mol. The zero-order chi connectivity index (χ0) is 9.14. The normalized spacial score (nSPS) is 16.8. The Balaban J connectivity index is 2.88. The van der Waals surface area contributed by atoms with E-state index in [4.69, 9.17) is 0 Å². The van der Waals surface area contributed by atoms with Gasteiger partial charge in [0.15, 0.2) is 0 Å². The molecule has 1 fully saturated rings. The van der Waals surface area contributed by atoms with Crippen LogP contribution in [0.5, 0.6) is 0 Å². The Morgan fingerprint density at radius 3 is 2.08 bits per heavy atom. The topological polar surface area (TPSA) is 99.7 Å². The van der Waals surface area contributed by atoms with Crippen molar-refractivity contribution in [3.8, 4) is 0 Å². The van der Waals surface area contributed by atoms with Crippen LogP contribution in [0.15, 0.2) is 5.10 Å². The first-order chi connectivity index (χ1) is 5.65. The summed E-state index contributed by atoms with van der Waals surface area (Å²) in [5.74, 6) is -1.61. The molecule has 0 atom stereocenters. The number of barbiturate groups is 1. The van der Waals surface area contributed by atoms with Gasteiger partial charge in [-0.15, -0.1) is 0 Å². The van der Waals surface area contributed by atoms with Crippen LogP contribution in [0.3, 0.4) is 0 Å². The Morgan fingerprint density at radius 2 is 1.67 bits per heavy atom. The largest absolute Gasteiger partial charge is 0.328 e. The Bertz CT molecular complexity index is 260. The summed E-state index contributed by atoms with van der Waals surface area (Å²) in [4.78, 5) is 32.2. The molecule has 64 valence electrons. The van der Waals surface area contributed by atoms with E-state index < -0.39 is 17.8 Å². The lowest BCUT2D eigenvalue weighted by atomic mass is 10.3.